The summed E-state index contributed by atoms with van der Waals surface area (Å²) in [6.07, 6.45) is 7.58. The number of benzene rings is 1. The van der Waals surface area contributed by atoms with Gasteiger partial charge in [-0.3, -0.25) is 9.58 Å². The number of hydrogen-bond donors (Lipinski definition) is 2. The second-order valence-electron chi connectivity index (χ2n) is 8.72. The first-order valence-corrected chi connectivity index (χ1v) is 10.9. The van der Waals surface area contributed by atoms with E-state index in [1.54, 1.807) is 0 Å². The van der Waals surface area contributed by atoms with Crippen LogP contribution in [0.5, 0.6) is 0 Å². The van der Waals surface area contributed by atoms with Crippen molar-refractivity contribution in [3.8, 4) is 0 Å². The molecule has 0 spiro atoms. The van der Waals surface area contributed by atoms with E-state index in [-0.39, 0.29) is 12.1 Å². The van der Waals surface area contributed by atoms with Crippen molar-refractivity contribution in [3.63, 3.8) is 0 Å². The SMILES string of the molecule is CC1CCN(Cc2ccc(CNC(=O)NC3CCCc4c3cnn4C)cc2)CC1. The molecular weight excluding hydrogens is 362 g/mol. The zero-order valence-corrected chi connectivity index (χ0v) is 17.7. The Hall–Kier alpha value is -2.34. The quantitative estimate of drug-likeness (QED) is 0.814. The third kappa shape index (κ3) is 4.99. The number of aromatic nitrogens is 2. The third-order valence-electron chi connectivity index (χ3n) is 6.44. The molecule has 0 radical (unpaired) electrons. The summed E-state index contributed by atoms with van der Waals surface area (Å²) in [5.41, 5.74) is 4.87. The molecule has 0 saturated carbocycles. The minimum atomic E-state index is -0.113. The van der Waals surface area contributed by atoms with Crippen LogP contribution < -0.4 is 10.6 Å². The molecule has 2 N–H and O–H groups in total. The first-order chi connectivity index (χ1) is 14.1. The molecule has 156 valence electrons. The Morgan fingerprint density at radius 3 is 2.62 bits per heavy atom. The van der Waals surface area contributed by atoms with Crippen LogP contribution in [0.15, 0.2) is 30.5 Å². The van der Waals surface area contributed by atoms with Crippen LogP contribution in [0.2, 0.25) is 0 Å². The molecule has 2 aliphatic rings. The van der Waals surface area contributed by atoms with E-state index in [9.17, 15) is 4.79 Å². The fourth-order valence-corrected chi connectivity index (χ4v) is 4.49. The van der Waals surface area contributed by atoms with Crippen LogP contribution in [0.3, 0.4) is 0 Å². The zero-order valence-electron chi connectivity index (χ0n) is 17.7. The molecule has 6 nitrogen and oxygen atoms in total. The highest BCUT2D eigenvalue weighted by atomic mass is 16.2. The Kier molecular flexibility index (Phi) is 6.19. The van der Waals surface area contributed by atoms with Crippen molar-refractivity contribution < 1.29 is 4.79 Å². The monoisotopic (exact) mass is 395 g/mol. The number of likely N-dealkylation sites (tertiary alicyclic amines) is 1. The van der Waals surface area contributed by atoms with E-state index in [4.69, 9.17) is 0 Å². The van der Waals surface area contributed by atoms with Crippen molar-refractivity contribution in [3.05, 3.63) is 52.8 Å². The van der Waals surface area contributed by atoms with Gasteiger partial charge in [0.15, 0.2) is 0 Å². The van der Waals surface area contributed by atoms with Gasteiger partial charge in [-0.1, -0.05) is 31.2 Å². The molecule has 2 heterocycles. The second-order valence-corrected chi connectivity index (χ2v) is 8.72. The average Bonchev–Trinajstić information content (AvgIpc) is 3.11. The first-order valence-electron chi connectivity index (χ1n) is 10.9. The van der Waals surface area contributed by atoms with E-state index >= 15 is 0 Å². The average molecular weight is 396 g/mol. The molecule has 2 amide bonds. The molecule has 29 heavy (non-hydrogen) atoms. The number of carbonyl (C=O) groups is 1. The van der Waals surface area contributed by atoms with Crippen molar-refractivity contribution >= 4 is 6.03 Å². The molecular formula is C23H33N5O. The molecule has 6 heteroatoms. The molecule has 1 unspecified atom stereocenters. The maximum atomic E-state index is 12.4. The van der Waals surface area contributed by atoms with Crippen molar-refractivity contribution in [2.75, 3.05) is 13.1 Å². The summed E-state index contributed by atoms with van der Waals surface area (Å²) in [6, 6.07) is 8.58. The summed E-state index contributed by atoms with van der Waals surface area (Å²) in [7, 11) is 1.97. The van der Waals surface area contributed by atoms with Crippen molar-refractivity contribution in [1.29, 1.82) is 0 Å². The molecule has 2 aromatic rings. The van der Waals surface area contributed by atoms with Crippen LogP contribution in [0, 0.1) is 5.92 Å². The van der Waals surface area contributed by atoms with Crippen LogP contribution in [0.4, 0.5) is 4.79 Å². The number of aryl methyl sites for hydroxylation is 1. The number of urea groups is 1. The van der Waals surface area contributed by atoms with Gasteiger partial charge in [0.1, 0.15) is 0 Å². The van der Waals surface area contributed by atoms with Gasteiger partial charge in [-0.2, -0.15) is 5.10 Å². The van der Waals surface area contributed by atoms with Crippen LogP contribution in [0.1, 0.15) is 61.0 Å². The van der Waals surface area contributed by atoms with Crippen LogP contribution in [0.25, 0.3) is 0 Å². The largest absolute Gasteiger partial charge is 0.334 e. The summed E-state index contributed by atoms with van der Waals surface area (Å²) in [6.45, 7) is 6.31. The van der Waals surface area contributed by atoms with Gasteiger partial charge in [-0.05, 0) is 62.2 Å². The molecule has 1 aliphatic heterocycles. The lowest BCUT2D eigenvalue weighted by molar-refractivity contribution is 0.185. The maximum Gasteiger partial charge on any atom is 0.315 e. The highest BCUT2D eigenvalue weighted by Crippen LogP contribution is 2.29. The number of amides is 2. The van der Waals surface area contributed by atoms with Crippen molar-refractivity contribution in [1.82, 2.24) is 25.3 Å². The highest BCUT2D eigenvalue weighted by molar-refractivity contribution is 5.74. The highest BCUT2D eigenvalue weighted by Gasteiger charge is 2.24. The number of nitrogens with one attached hydrogen (secondary N) is 2. The lowest BCUT2D eigenvalue weighted by atomic mass is 9.93. The Balaban J connectivity index is 1.24. The summed E-state index contributed by atoms with van der Waals surface area (Å²) in [4.78, 5) is 14.9. The molecule has 1 aromatic carbocycles. The lowest BCUT2D eigenvalue weighted by Crippen LogP contribution is -2.38. The molecule has 1 saturated heterocycles. The van der Waals surface area contributed by atoms with Gasteiger partial charge in [0, 0.05) is 31.4 Å². The van der Waals surface area contributed by atoms with Gasteiger partial charge in [0.2, 0.25) is 0 Å². The predicted octanol–water partition coefficient (Wildman–Crippen LogP) is 3.53. The van der Waals surface area contributed by atoms with Gasteiger partial charge < -0.3 is 10.6 Å². The Labute approximate surface area is 173 Å². The molecule has 1 aliphatic carbocycles. The van der Waals surface area contributed by atoms with Gasteiger partial charge in [0.25, 0.3) is 0 Å². The minimum absolute atomic E-state index is 0.0575. The smallest absolute Gasteiger partial charge is 0.315 e. The van der Waals surface area contributed by atoms with Crippen molar-refractivity contribution in [2.24, 2.45) is 13.0 Å². The molecule has 0 bridgehead atoms. The third-order valence-corrected chi connectivity index (χ3v) is 6.44. The number of hydrogen-bond acceptors (Lipinski definition) is 3. The standard InChI is InChI=1S/C23H33N5O/c1-17-10-12-28(13-11-17)16-19-8-6-18(7-9-19)14-24-23(29)26-21-4-3-5-22-20(21)15-25-27(22)2/h6-9,15,17,21H,3-5,10-14,16H2,1-2H3,(H2,24,26,29). The topological polar surface area (TPSA) is 62.2 Å². The second kappa shape index (κ2) is 8.99. The van der Waals surface area contributed by atoms with Crippen LogP contribution >= 0.6 is 0 Å². The van der Waals surface area contributed by atoms with Gasteiger partial charge in [0.05, 0.1) is 12.2 Å². The van der Waals surface area contributed by atoms with E-state index < -0.39 is 0 Å². The molecule has 1 atom stereocenters. The number of carbonyl (C=O) groups excluding carboxylic acids is 1. The number of fused-ring (bicyclic) bond motifs is 1. The zero-order chi connectivity index (χ0) is 20.2. The summed E-state index contributed by atoms with van der Waals surface area (Å²) in [5, 5.41) is 10.5. The van der Waals surface area contributed by atoms with E-state index in [0.29, 0.717) is 6.54 Å². The van der Waals surface area contributed by atoms with E-state index in [0.717, 1.165) is 42.9 Å². The van der Waals surface area contributed by atoms with Crippen LogP contribution in [-0.2, 0) is 26.6 Å². The van der Waals surface area contributed by atoms with E-state index in [2.05, 4.69) is 51.8 Å². The number of rotatable bonds is 5. The molecule has 1 fully saturated rings. The predicted molar refractivity (Wildman–Crippen MR) is 114 cm³/mol. The lowest BCUT2D eigenvalue weighted by Gasteiger charge is -2.30. The maximum absolute atomic E-state index is 12.4. The van der Waals surface area contributed by atoms with Gasteiger partial charge >= 0.3 is 6.03 Å². The Morgan fingerprint density at radius 2 is 1.86 bits per heavy atom. The summed E-state index contributed by atoms with van der Waals surface area (Å²) in [5.74, 6) is 0.865. The minimum Gasteiger partial charge on any atom is -0.334 e. The Morgan fingerprint density at radius 1 is 1.14 bits per heavy atom. The van der Waals surface area contributed by atoms with Gasteiger partial charge in [-0.25, -0.2) is 4.79 Å². The summed E-state index contributed by atoms with van der Waals surface area (Å²) >= 11 is 0. The van der Waals surface area contributed by atoms with Crippen molar-refractivity contribution in [2.45, 2.75) is 58.2 Å². The Bertz CT molecular complexity index is 820. The van der Waals surface area contributed by atoms with Gasteiger partial charge in [-0.15, -0.1) is 0 Å². The fourth-order valence-electron chi connectivity index (χ4n) is 4.49. The van der Waals surface area contributed by atoms with Crippen LogP contribution in [-0.4, -0.2) is 33.8 Å². The molecule has 4 rings (SSSR count). The first kappa shape index (κ1) is 20.0. The fraction of sp³-hybridized carbons (Fsp3) is 0.565. The number of piperidine rings is 1. The van der Waals surface area contributed by atoms with E-state index in [1.165, 1.54) is 37.2 Å². The molecule has 1 aromatic heterocycles. The normalized spacial score (nSPS) is 20.3. The number of nitrogens with zero attached hydrogens (tertiary/aromatic N) is 3. The summed E-state index contributed by atoms with van der Waals surface area (Å²) < 4.78 is 1.92. The van der Waals surface area contributed by atoms with E-state index in [1.807, 2.05) is 17.9 Å².